The molecule has 1 rings (SSSR count). The average Bonchev–Trinajstić information content (AvgIpc) is 2.19. The molecule has 0 aliphatic rings. The van der Waals surface area contributed by atoms with E-state index in [1.54, 1.807) is 12.1 Å². The van der Waals surface area contributed by atoms with Gasteiger partial charge < -0.3 is 10.2 Å². The fraction of sp³-hybridized carbons (Fsp3) is 0.417. The van der Waals surface area contributed by atoms with Crippen molar-refractivity contribution in [1.29, 1.82) is 0 Å². The van der Waals surface area contributed by atoms with E-state index in [0.717, 1.165) is 5.56 Å². The van der Waals surface area contributed by atoms with Crippen molar-refractivity contribution in [1.82, 2.24) is 0 Å². The molecule has 0 amide bonds. The molecule has 0 aromatic heterocycles. The Bertz CT molecular complexity index is 375. The summed E-state index contributed by atoms with van der Waals surface area (Å²) in [5, 5.41) is 17.9. The van der Waals surface area contributed by atoms with Gasteiger partial charge in [0.05, 0.1) is 0 Å². The number of benzene rings is 1. The fourth-order valence-electron chi connectivity index (χ4n) is 1.52. The zero-order valence-corrected chi connectivity index (χ0v) is 9.11. The van der Waals surface area contributed by atoms with Gasteiger partial charge in [0.25, 0.3) is 0 Å². The minimum atomic E-state index is -1.22. The van der Waals surface area contributed by atoms with Gasteiger partial charge >= 0.3 is 5.97 Å². The van der Waals surface area contributed by atoms with Gasteiger partial charge in [-0.3, -0.25) is 4.79 Å². The molecule has 0 saturated heterocycles. The number of hydrogen-bond acceptors (Lipinski definition) is 2. The molecule has 1 aromatic carbocycles. The van der Waals surface area contributed by atoms with Gasteiger partial charge in [-0.2, -0.15) is 0 Å². The minimum absolute atomic E-state index is 0.0583. The summed E-state index contributed by atoms with van der Waals surface area (Å²) in [6.45, 7) is 1.36. The second kappa shape index (κ2) is 5.49. The number of carbonyl (C=O) groups is 1. The third-order valence-corrected chi connectivity index (χ3v) is 2.38. The second-order valence-corrected chi connectivity index (χ2v) is 3.76. The van der Waals surface area contributed by atoms with E-state index in [1.165, 1.54) is 13.0 Å². The SMILES string of the molecule is CC(F)c1cc(CCCC(=O)O)ccc1O. The van der Waals surface area contributed by atoms with Crippen LogP contribution in [0.15, 0.2) is 18.2 Å². The predicted octanol–water partition coefficient (Wildman–Crippen LogP) is 2.83. The van der Waals surface area contributed by atoms with E-state index in [4.69, 9.17) is 5.11 Å². The number of phenols is 1. The molecule has 0 heterocycles. The largest absolute Gasteiger partial charge is 0.508 e. The monoisotopic (exact) mass is 226 g/mol. The van der Waals surface area contributed by atoms with E-state index in [2.05, 4.69) is 0 Å². The number of phenolic OH excluding ortho intramolecular Hbond substituents is 1. The molecule has 1 aromatic rings. The Morgan fingerprint density at radius 2 is 2.19 bits per heavy atom. The lowest BCUT2D eigenvalue weighted by atomic mass is 10.0. The molecule has 2 N–H and O–H groups in total. The van der Waals surface area contributed by atoms with Gasteiger partial charge in [-0.25, -0.2) is 4.39 Å². The van der Waals surface area contributed by atoms with Crippen LogP contribution in [0.4, 0.5) is 4.39 Å². The summed E-state index contributed by atoms with van der Waals surface area (Å²) in [5.74, 6) is -0.894. The normalized spacial score (nSPS) is 12.4. The smallest absolute Gasteiger partial charge is 0.303 e. The first-order chi connectivity index (χ1) is 7.50. The first-order valence-electron chi connectivity index (χ1n) is 5.18. The zero-order valence-electron chi connectivity index (χ0n) is 9.11. The lowest BCUT2D eigenvalue weighted by Gasteiger charge is -2.08. The van der Waals surface area contributed by atoms with Gasteiger partial charge in [0, 0.05) is 12.0 Å². The molecule has 88 valence electrons. The third kappa shape index (κ3) is 3.53. The van der Waals surface area contributed by atoms with E-state index in [0.29, 0.717) is 12.8 Å². The first kappa shape index (κ1) is 12.5. The summed E-state index contributed by atoms with van der Waals surface area (Å²) in [6.07, 6.45) is -0.0344. The Hall–Kier alpha value is -1.58. The van der Waals surface area contributed by atoms with Crippen molar-refractivity contribution in [3.63, 3.8) is 0 Å². The molecule has 0 saturated carbocycles. The number of hydrogen-bond donors (Lipinski definition) is 2. The highest BCUT2D eigenvalue weighted by molar-refractivity contribution is 5.66. The van der Waals surface area contributed by atoms with Crippen molar-refractivity contribution < 1.29 is 19.4 Å². The molecule has 4 heteroatoms. The Morgan fingerprint density at radius 3 is 2.75 bits per heavy atom. The Kier molecular flexibility index (Phi) is 4.28. The molecule has 0 aliphatic carbocycles. The van der Waals surface area contributed by atoms with E-state index in [1.807, 2.05) is 0 Å². The molecule has 0 spiro atoms. The van der Waals surface area contributed by atoms with Gasteiger partial charge in [0.2, 0.25) is 0 Å². The van der Waals surface area contributed by atoms with Crippen molar-refractivity contribution in [2.24, 2.45) is 0 Å². The Labute approximate surface area is 93.5 Å². The van der Waals surface area contributed by atoms with Crippen molar-refractivity contribution in [3.05, 3.63) is 29.3 Å². The van der Waals surface area contributed by atoms with Gasteiger partial charge in [-0.15, -0.1) is 0 Å². The van der Waals surface area contributed by atoms with E-state index >= 15 is 0 Å². The summed E-state index contributed by atoms with van der Waals surface area (Å²) in [5.41, 5.74) is 1.10. The highest BCUT2D eigenvalue weighted by Crippen LogP contribution is 2.27. The number of aromatic hydroxyl groups is 1. The molecule has 1 atom stereocenters. The van der Waals surface area contributed by atoms with Gasteiger partial charge in [0.15, 0.2) is 0 Å². The topological polar surface area (TPSA) is 57.5 Å². The average molecular weight is 226 g/mol. The standard InChI is InChI=1S/C12H15FO3/c1-8(13)10-7-9(5-6-11(10)14)3-2-4-12(15)16/h5-8,14H,2-4H2,1H3,(H,15,16). The van der Waals surface area contributed by atoms with Crippen LogP contribution in [0.3, 0.4) is 0 Å². The lowest BCUT2D eigenvalue weighted by molar-refractivity contribution is -0.137. The molecule has 0 fully saturated rings. The van der Waals surface area contributed by atoms with Crippen molar-refractivity contribution in [3.8, 4) is 5.75 Å². The molecule has 1 unspecified atom stereocenters. The summed E-state index contributed by atoms with van der Waals surface area (Å²) in [7, 11) is 0. The molecule has 0 radical (unpaired) electrons. The van der Waals surface area contributed by atoms with Gasteiger partial charge in [-0.1, -0.05) is 6.07 Å². The quantitative estimate of drug-likeness (QED) is 0.811. The molecule has 3 nitrogen and oxygen atoms in total. The number of carboxylic acids is 1. The lowest BCUT2D eigenvalue weighted by Crippen LogP contribution is -1.97. The molecule has 16 heavy (non-hydrogen) atoms. The maximum absolute atomic E-state index is 13.1. The Balaban J connectivity index is 2.67. The summed E-state index contributed by atoms with van der Waals surface area (Å²) < 4.78 is 13.1. The fourth-order valence-corrected chi connectivity index (χ4v) is 1.52. The van der Waals surface area contributed by atoms with Crippen LogP contribution < -0.4 is 0 Å². The maximum Gasteiger partial charge on any atom is 0.303 e. The Morgan fingerprint density at radius 1 is 1.50 bits per heavy atom. The van der Waals surface area contributed by atoms with Crippen molar-refractivity contribution in [2.75, 3.05) is 0 Å². The van der Waals surface area contributed by atoms with Crippen LogP contribution in [0.1, 0.15) is 37.1 Å². The van der Waals surface area contributed by atoms with Gasteiger partial charge in [0.1, 0.15) is 11.9 Å². The summed E-state index contributed by atoms with van der Waals surface area (Å²) >= 11 is 0. The summed E-state index contributed by atoms with van der Waals surface area (Å²) in [4.78, 5) is 10.3. The van der Waals surface area contributed by atoms with Crippen LogP contribution in [0, 0.1) is 0 Å². The number of carboxylic acid groups (broad SMARTS) is 1. The highest BCUT2D eigenvalue weighted by Gasteiger charge is 2.09. The van der Waals surface area contributed by atoms with Crippen LogP contribution >= 0.6 is 0 Å². The third-order valence-electron chi connectivity index (χ3n) is 2.38. The van der Waals surface area contributed by atoms with Gasteiger partial charge in [-0.05, 0) is 37.5 Å². The highest BCUT2D eigenvalue weighted by atomic mass is 19.1. The minimum Gasteiger partial charge on any atom is -0.508 e. The molecular weight excluding hydrogens is 211 g/mol. The van der Waals surface area contributed by atoms with Crippen LogP contribution in [-0.2, 0) is 11.2 Å². The number of alkyl halides is 1. The van der Waals surface area contributed by atoms with Crippen LogP contribution in [0.2, 0.25) is 0 Å². The van der Waals surface area contributed by atoms with E-state index in [9.17, 15) is 14.3 Å². The molecule has 0 bridgehead atoms. The van der Waals surface area contributed by atoms with Crippen LogP contribution in [0.5, 0.6) is 5.75 Å². The van der Waals surface area contributed by atoms with Crippen molar-refractivity contribution in [2.45, 2.75) is 32.4 Å². The first-order valence-corrected chi connectivity index (χ1v) is 5.18. The van der Waals surface area contributed by atoms with Crippen LogP contribution in [-0.4, -0.2) is 16.2 Å². The predicted molar refractivity (Wildman–Crippen MR) is 58.2 cm³/mol. The molecule has 0 aliphatic heterocycles. The number of halogens is 1. The number of aryl methyl sites for hydroxylation is 1. The van der Waals surface area contributed by atoms with E-state index in [-0.39, 0.29) is 17.7 Å². The van der Waals surface area contributed by atoms with Crippen LogP contribution in [0.25, 0.3) is 0 Å². The van der Waals surface area contributed by atoms with E-state index < -0.39 is 12.1 Å². The maximum atomic E-state index is 13.1. The summed E-state index contributed by atoms with van der Waals surface area (Å²) in [6, 6.07) is 4.71. The van der Waals surface area contributed by atoms with Crippen molar-refractivity contribution >= 4 is 5.97 Å². The zero-order chi connectivity index (χ0) is 12.1. The molecular formula is C12H15FO3. The number of aliphatic carboxylic acids is 1. The second-order valence-electron chi connectivity index (χ2n) is 3.76. The number of rotatable bonds is 5.